The second kappa shape index (κ2) is 6.71. The molecule has 2 aliphatic heterocycles. The number of halogens is 2. The second-order valence-electron chi connectivity index (χ2n) is 7.95. The summed E-state index contributed by atoms with van der Waals surface area (Å²) in [4.78, 5) is 31.5. The Bertz CT molecular complexity index is 1200. The van der Waals surface area contributed by atoms with Crippen molar-refractivity contribution in [1.29, 1.82) is 0 Å². The first-order chi connectivity index (χ1) is 14.3. The lowest BCUT2D eigenvalue weighted by atomic mass is 10.0. The maximum absolute atomic E-state index is 13.6. The molecule has 3 aromatic heterocycles. The first-order valence-corrected chi connectivity index (χ1v) is 9.95. The molecular formula is C19H21F2N7O2. The molecule has 0 aliphatic carbocycles. The highest BCUT2D eigenvalue weighted by atomic mass is 19.3. The number of amides is 1. The zero-order valence-corrected chi connectivity index (χ0v) is 16.5. The lowest BCUT2D eigenvalue weighted by molar-refractivity contribution is -0.135. The third kappa shape index (κ3) is 2.99. The number of nitrogens with zero attached hydrogens (tertiary/aromatic N) is 7. The van der Waals surface area contributed by atoms with Crippen LogP contribution in [0.5, 0.6) is 0 Å². The Morgan fingerprint density at radius 1 is 1.33 bits per heavy atom. The third-order valence-electron chi connectivity index (χ3n) is 5.87. The first kappa shape index (κ1) is 18.9. The van der Waals surface area contributed by atoms with E-state index in [4.69, 9.17) is 0 Å². The average molecular weight is 417 g/mol. The quantitative estimate of drug-likeness (QED) is 0.637. The summed E-state index contributed by atoms with van der Waals surface area (Å²) in [6, 6.07) is 2.90. The van der Waals surface area contributed by atoms with E-state index in [0.717, 1.165) is 5.39 Å². The van der Waals surface area contributed by atoms with E-state index in [2.05, 4.69) is 15.2 Å². The zero-order valence-electron chi connectivity index (χ0n) is 16.5. The first-order valence-electron chi connectivity index (χ1n) is 9.95. The number of carbonyl (C=O) groups excluding carboxylic acids is 1. The molecule has 1 unspecified atom stereocenters. The lowest BCUT2D eigenvalue weighted by Gasteiger charge is -2.27. The summed E-state index contributed by atoms with van der Waals surface area (Å²) in [5, 5.41) is 9.70. The Labute approximate surface area is 169 Å². The van der Waals surface area contributed by atoms with Gasteiger partial charge >= 0.3 is 5.69 Å². The normalized spacial score (nSPS) is 20.6. The number of rotatable bonds is 3. The van der Waals surface area contributed by atoms with Gasteiger partial charge in [-0.1, -0.05) is 0 Å². The zero-order chi connectivity index (χ0) is 21.0. The van der Waals surface area contributed by atoms with E-state index in [1.165, 1.54) is 14.1 Å². The van der Waals surface area contributed by atoms with E-state index in [1.807, 2.05) is 6.07 Å². The van der Waals surface area contributed by atoms with Crippen LogP contribution >= 0.6 is 0 Å². The van der Waals surface area contributed by atoms with Crippen molar-refractivity contribution in [1.82, 2.24) is 34.0 Å². The van der Waals surface area contributed by atoms with Gasteiger partial charge in [0, 0.05) is 38.0 Å². The van der Waals surface area contributed by atoms with Crippen LogP contribution in [-0.2, 0) is 24.8 Å². The molecule has 2 aliphatic rings. The molecule has 30 heavy (non-hydrogen) atoms. The van der Waals surface area contributed by atoms with E-state index in [9.17, 15) is 18.4 Å². The minimum atomic E-state index is -2.86. The van der Waals surface area contributed by atoms with Gasteiger partial charge < -0.3 is 4.90 Å². The van der Waals surface area contributed by atoms with Crippen LogP contribution in [0.25, 0.3) is 11.0 Å². The summed E-state index contributed by atoms with van der Waals surface area (Å²) >= 11 is 0. The third-order valence-corrected chi connectivity index (χ3v) is 5.87. The molecule has 0 bridgehead atoms. The Kier molecular flexibility index (Phi) is 4.23. The van der Waals surface area contributed by atoms with Crippen molar-refractivity contribution in [2.45, 2.75) is 44.2 Å². The number of pyridine rings is 1. The number of fused-ring (bicyclic) bond motifs is 2. The summed E-state index contributed by atoms with van der Waals surface area (Å²) in [7, 11) is 1.78. The fourth-order valence-electron chi connectivity index (χ4n) is 4.42. The van der Waals surface area contributed by atoms with E-state index in [0.29, 0.717) is 36.4 Å². The number of alkyl halides is 2. The Hall–Kier alpha value is -3.11. The van der Waals surface area contributed by atoms with E-state index >= 15 is 0 Å². The van der Waals surface area contributed by atoms with Gasteiger partial charge in [-0.3, -0.25) is 14.0 Å². The minimum absolute atomic E-state index is 0.00742. The molecule has 1 saturated heterocycles. The lowest BCUT2D eigenvalue weighted by Crippen LogP contribution is -2.42. The Morgan fingerprint density at radius 3 is 2.93 bits per heavy atom. The molecule has 11 heteroatoms. The molecule has 0 saturated carbocycles. The molecule has 3 aromatic rings. The van der Waals surface area contributed by atoms with Gasteiger partial charge in [0.15, 0.2) is 5.65 Å². The van der Waals surface area contributed by atoms with Crippen molar-refractivity contribution in [3.05, 3.63) is 40.3 Å². The largest absolute Gasteiger partial charge is 0.347 e. The Balaban J connectivity index is 1.48. The molecule has 0 spiro atoms. The fraction of sp³-hybridized carbons (Fsp3) is 0.526. The molecule has 0 N–H and O–H groups in total. The highest BCUT2D eigenvalue weighted by molar-refractivity contribution is 5.81. The van der Waals surface area contributed by atoms with Gasteiger partial charge in [0.1, 0.15) is 11.9 Å². The van der Waals surface area contributed by atoms with Crippen LogP contribution < -0.4 is 5.69 Å². The molecular weight excluding hydrogens is 396 g/mol. The number of aryl methyl sites for hydroxylation is 2. The van der Waals surface area contributed by atoms with Gasteiger partial charge in [-0.15, -0.1) is 0 Å². The minimum Gasteiger partial charge on any atom is -0.335 e. The molecule has 1 amide bonds. The van der Waals surface area contributed by atoms with Crippen molar-refractivity contribution in [3.63, 3.8) is 0 Å². The van der Waals surface area contributed by atoms with E-state index in [-0.39, 0.29) is 19.5 Å². The van der Waals surface area contributed by atoms with Crippen molar-refractivity contribution in [3.8, 4) is 0 Å². The number of aromatic nitrogens is 6. The number of hydrogen-bond donors (Lipinski definition) is 0. The van der Waals surface area contributed by atoms with Crippen LogP contribution in [0.15, 0.2) is 23.1 Å². The molecule has 1 atom stereocenters. The van der Waals surface area contributed by atoms with Crippen LogP contribution in [0, 0.1) is 0 Å². The van der Waals surface area contributed by atoms with Crippen LogP contribution in [0.2, 0.25) is 0 Å². The second-order valence-corrected chi connectivity index (χ2v) is 7.95. The summed E-state index contributed by atoms with van der Waals surface area (Å²) in [6.07, 6.45) is 3.01. The number of hydrogen-bond acceptors (Lipinski definition) is 5. The SMILES string of the molecule is Cn1nc(Cn2nc3n(c2=O)C(C(=O)N2CCC(F)(F)C2)CCC3)c2cccnc21. The van der Waals surface area contributed by atoms with Crippen molar-refractivity contribution >= 4 is 16.9 Å². The Morgan fingerprint density at radius 2 is 2.17 bits per heavy atom. The summed E-state index contributed by atoms with van der Waals surface area (Å²) < 4.78 is 31.5. The standard InChI is InChI=1S/C19H21F2N7O2/c1-25-16-12(4-3-8-22-16)13(23-25)10-27-18(30)28-14(5-2-6-15(28)24-27)17(29)26-9-7-19(20,21)11-26/h3-4,8,14H,2,5-7,9-11H2,1H3. The number of carbonyl (C=O) groups is 1. The highest BCUT2D eigenvalue weighted by Gasteiger charge is 2.43. The van der Waals surface area contributed by atoms with Gasteiger partial charge in [-0.25, -0.2) is 23.2 Å². The molecule has 5 rings (SSSR count). The topological polar surface area (TPSA) is 90.8 Å². The van der Waals surface area contributed by atoms with Crippen molar-refractivity contribution in [2.24, 2.45) is 7.05 Å². The van der Waals surface area contributed by atoms with Crippen molar-refractivity contribution < 1.29 is 13.6 Å². The van der Waals surface area contributed by atoms with E-state index < -0.39 is 30.1 Å². The van der Waals surface area contributed by atoms with Gasteiger partial charge in [0.25, 0.3) is 5.92 Å². The predicted molar refractivity (Wildman–Crippen MR) is 102 cm³/mol. The van der Waals surface area contributed by atoms with Crippen LogP contribution in [-0.4, -0.2) is 58.9 Å². The van der Waals surface area contributed by atoms with Gasteiger partial charge in [-0.05, 0) is 25.0 Å². The van der Waals surface area contributed by atoms with Crippen molar-refractivity contribution in [2.75, 3.05) is 13.1 Å². The maximum atomic E-state index is 13.6. The summed E-state index contributed by atoms with van der Waals surface area (Å²) in [5.41, 5.74) is 0.935. The van der Waals surface area contributed by atoms with Crippen LogP contribution in [0.1, 0.15) is 36.8 Å². The van der Waals surface area contributed by atoms with E-state index in [1.54, 1.807) is 24.0 Å². The maximum Gasteiger partial charge on any atom is 0.347 e. The fourth-order valence-corrected chi connectivity index (χ4v) is 4.42. The average Bonchev–Trinajstić information content (AvgIpc) is 3.36. The van der Waals surface area contributed by atoms with Crippen LogP contribution in [0.4, 0.5) is 8.78 Å². The molecule has 5 heterocycles. The molecule has 9 nitrogen and oxygen atoms in total. The van der Waals surface area contributed by atoms with Crippen LogP contribution in [0.3, 0.4) is 0 Å². The van der Waals surface area contributed by atoms with Gasteiger partial charge in [-0.2, -0.15) is 10.2 Å². The summed E-state index contributed by atoms with van der Waals surface area (Å²) in [6.45, 7) is -0.439. The number of likely N-dealkylation sites (tertiary alicyclic amines) is 1. The smallest absolute Gasteiger partial charge is 0.335 e. The molecule has 158 valence electrons. The highest BCUT2D eigenvalue weighted by Crippen LogP contribution is 2.31. The molecule has 0 aromatic carbocycles. The molecule has 0 radical (unpaired) electrons. The predicted octanol–water partition coefficient (Wildman–Crippen LogP) is 1.12. The van der Waals surface area contributed by atoms with Gasteiger partial charge in [0.2, 0.25) is 5.91 Å². The van der Waals surface area contributed by atoms with Gasteiger partial charge in [0.05, 0.1) is 18.8 Å². The monoisotopic (exact) mass is 417 g/mol. The summed E-state index contributed by atoms with van der Waals surface area (Å²) in [5.74, 6) is -2.78. The molecule has 1 fully saturated rings.